The van der Waals surface area contributed by atoms with Gasteiger partial charge in [-0.3, -0.25) is 0 Å². The first-order chi connectivity index (χ1) is 39.4. The molecule has 1 aliphatic carbocycles. The second kappa shape index (κ2) is 25.8. The van der Waals surface area contributed by atoms with E-state index < -0.39 is 0 Å². The van der Waals surface area contributed by atoms with Crippen LogP contribution in [0, 0.1) is 88.9 Å². The third-order valence-corrected chi connectivity index (χ3v) is 16.9. The van der Waals surface area contributed by atoms with Crippen molar-refractivity contribution in [2.75, 3.05) is 13.2 Å². The number of nitriles is 1. The second-order valence-electron chi connectivity index (χ2n) is 30.3. The van der Waals surface area contributed by atoms with Gasteiger partial charge in [-0.05, 0) is 192 Å². The van der Waals surface area contributed by atoms with E-state index in [1.165, 1.54) is 12.8 Å². The Hall–Kier alpha value is -6.84. The van der Waals surface area contributed by atoms with Crippen LogP contribution in [-0.2, 0) is 0 Å². The quantitative estimate of drug-likeness (QED) is 0.0672. The summed E-state index contributed by atoms with van der Waals surface area (Å²) in [5.74, 6) is 4.84. The van der Waals surface area contributed by atoms with Gasteiger partial charge in [-0.25, -0.2) is 14.8 Å². The van der Waals surface area contributed by atoms with E-state index in [1.807, 2.05) is 62.4 Å². The average molecular weight is 1130 g/mol. The maximum Gasteiger partial charge on any atom is 0.251 e. The number of benzene rings is 4. The number of aromatic nitrogens is 3. The van der Waals surface area contributed by atoms with Crippen molar-refractivity contribution in [3.8, 4) is 28.8 Å². The molecule has 9 heteroatoms. The van der Waals surface area contributed by atoms with Crippen LogP contribution >= 0.6 is 0 Å². The Morgan fingerprint density at radius 2 is 1.08 bits per heavy atom. The lowest BCUT2D eigenvalue weighted by Crippen LogP contribution is -2.28. The Bertz CT molecular complexity index is 3690. The van der Waals surface area contributed by atoms with Gasteiger partial charge in [0.2, 0.25) is 11.8 Å². The van der Waals surface area contributed by atoms with Crippen LogP contribution in [0.15, 0.2) is 93.8 Å². The SMILES string of the molecule is [C-]#[N+]/C(=C1/CC(c2cccc(OCC(CCC(C)CC(C)(C)C)C(C)CC(C)(C)C)c2)=c2c1c(-c1cccc(OCC(CCC(C)CC(C)(C)C)C(C)CC(C)(C)C)c1)[nH]/c2=C(/C#N)c1nc2cc(C)ccc2o1)c1nc2cc(C)ccc2o1. The molecule has 7 aromatic rings. The Kier molecular flexibility index (Phi) is 19.4. The third-order valence-electron chi connectivity index (χ3n) is 16.9. The molecule has 0 aliphatic heterocycles. The van der Waals surface area contributed by atoms with Crippen LogP contribution in [0.3, 0.4) is 0 Å². The summed E-state index contributed by atoms with van der Waals surface area (Å²) in [7, 11) is 0. The third kappa shape index (κ3) is 16.3. The highest BCUT2D eigenvalue weighted by Crippen LogP contribution is 2.44. The number of rotatable bonds is 22. The van der Waals surface area contributed by atoms with Gasteiger partial charge in [0, 0.05) is 16.3 Å². The maximum atomic E-state index is 11.5. The van der Waals surface area contributed by atoms with Crippen molar-refractivity contribution in [3.63, 3.8) is 0 Å². The highest BCUT2D eigenvalue weighted by atomic mass is 16.5. The largest absolute Gasteiger partial charge is 0.493 e. The fourth-order valence-corrected chi connectivity index (χ4v) is 13.6. The number of nitrogens with zero attached hydrogens (tertiary/aromatic N) is 4. The summed E-state index contributed by atoms with van der Waals surface area (Å²) in [6.45, 7) is 51.8. The fourth-order valence-electron chi connectivity index (χ4n) is 13.6. The van der Waals surface area contributed by atoms with E-state index in [0.717, 1.165) is 99.9 Å². The zero-order valence-electron chi connectivity index (χ0n) is 54.2. The van der Waals surface area contributed by atoms with Crippen LogP contribution in [-0.4, -0.2) is 28.2 Å². The summed E-state index contributed by atoms with van der Waals surface area (Å²) < 4.78 is 26.9. The molecule has 0 spiro atoms. The summed E-state index contributed by atoms with van der Waals surface area (Å²) in [5, 5.41) is 12.8. The number of oxazole rings is 2. The molecule has 1 N–H and O–H groups in total. The Balaban J connectivity index is 1.30. The van der Waals surface area contributed by atoms with Gasteiger partial charge in [-0.1, -0.05) is 160 Å². The van der Waals surface area contributed by atoms with Crippen molar-refractivity contribution in [3.05, 3.63) is 141 Å². The lowest BCUT2D eigenvalue weighted by molar-refractivity contribution is 0.147. The second-order valence-corrected chi connectivity index (χ2v) is 30.3. The molecule has 0 radical (unpaired) electrons. The number of fused-ring (bicyclic) bond motifs is 3. The number of aryl methyl sites for hydroxylation is 2. The van der Waals surface area contributed by atoms with Crippen LogP contribution in [0.4, 0.5) is 0 Å². The van der Waals surface area contributed by atoms with E-state index in [-0.39, 0.29) is 39.0 Å². The number of aromatic amines is 1. The topological polar surface area (TPSA) is 114 Å². The molecule has 3 heterocycles. The van der Waals surface area contributed by atoms with Gasteiger partial charge < -0.3 is 23.3 Å². The lowest BCUT2D eigenvalue weighted by atomic mass is 9.76. The van der Waals surface area contributed by atoms with Crippen LogP contribution in [0.1, 0.15) is 203 Å². The van der Waals surface area contributed by atoms with Gasteiger partial charge in [0.25, 0.3) is 5.70 Å². The van der Waals surface area contributed by atoms with Crippen molar-refractivity contribution < 1.29 is 18.3 Å². The molecule has 6 atom stereocenters. The first-order valence-electron chi connectivity index (χ1n) is 31.2. The molecule has 3 aromatic heterocycles. The van der Waals surface area contributed by atoms with E-state index >= 15 is 0 Å². The van der Waals surface area contributed by atoms with E-state index in [1.54, 1.807) is 0 Å². The van der Waals surface area contributed by atoms with Gasteiger partial charge in [-0.2, -0.15) is 5.26 Å². The van der Waals surface area contributed by atoms with Crippen molar-refractivity contribution in [1.29, 1.82) is 5.26 Å². The molecule has 446 valence electrons. The van der Waals surface area contributed by atoms with Crippen molar-refractivity contribution in [1.82, 2.24) is 15.0 Å². The molecule has 0 fully saturated rings. The molecule has 0 saturated carbocycles. The monoisotopic (exact) mass is 1130 g/mol. The normalized spacial score (nSPS) is 16.4. The average Bonchev–Trinajstić information content (AvgIpc) is 1.66. The minimum atomic E-state index is 0.186. The van der Waals surface area contributed by atoms with Crippen LogP contribution in [0.25, 0.3) is 60.7 Å². The summed E-state index contributed by atoms with van der Waals surface area (Å²) in [5.41, 5.74) is 11.0. The number of hydrogen-bond acceptors (Lipinski definition) is 7. The Labute approximate surface area is 503 Å². The molecule has 84 heavy (non-hydrogen) atoms. The van der Waals surface area contributed by atoms with Gasteiger partial charge in [0.1, 0.15) is 34.2 Å². The van der Waals surface area contributed by atoms with Gasteiger partial charge >= 0.3 is 0 Å². The van der Waals surface area contributed by atoms with Crippen molar-refractivity contribution in [2.24, 2.45) is 57.2 Å². The number of hydrogen-bond donors (Lipinski definition) is 1. The number of H-pyrrole nitrogens is 1. The van der Waals surface area contributed by atoms with E-state index in [9.17, 15) is 5.26 Å². The van der Waals surface area contributed by atoms with Crippen LogP contribution in [0.2, 0.25) is 0 Å². The number of allylic oxidation sites excluding steroid dienone is 1. The minimum Gasteiger partial charge on any atom is -0.493 e. The minimum absolute atomic E-state index is 0.186. The summed E-state index contributed by atoms with van der Waals surface area (Å²) >= 11 is 0. The first-order valence-corrected chi connectivity index (χ1v) is 31.2. The zero-order valence-corrected chi connectivity index (χ0v) is 54.2. The van der Waals surface area contributed by atoms with Gasteiger partial charge in [0.05, 0.1) is 30.8 Å². The molecule has 0 saturated heterocycles. The molecular formula is C75H97N5O4. The molecule has 0 bridgehead atoms. The molecule has 9 nitrogen and oxygen atoms in total. The number of nitrogens with one attached hydrogen (secondary N) is 1. The molecule has 4 aromatic carbocycles. The Morgan fingerprint density at radius 1 is 0.619 bits per heavy atom. The van der Waals surface area contributed by atoms with E-state index in [0.29, 0.717) is 88.4 Å². The summed E-state index contributed by atoms with van der Waals surface area (Å²) in [4.78, 5) is 18.1. The van der Waals surface area contributed by atoms with Crippen molar-refractivity contribution in [2.45, 2.75) is 182 Å². The predicted molar refractivity (Wildman–Crippen MR) is 347 cm³/mol. The molecule has 0 amide bonds. The van der Waals surface area contributed by atoms with Crippen molar-refractivity contribution >= 4 is 44.6 Å². The number of ether oxygens (including phenoxy) is 2. The van der Waals surface area contributed by atoms with Crippen LogP contribution < -0.4 is 20.0 Å². The molecule has 6 unspecified atom stereocenters. The lowest BCUT2D eigenvalue weighted by Gasteiger charge is -2.31. The molecular weight excluding hydrogens is 1030 g/mol. The smallest absolute Gasteiger partial charge is 0.251 e. The predicted octanol–water partition coefficient (Wildman–Crippen LogP) is 19.5. The zero-order chi connectivity index (χ0) is 61.1. The summed E-state index contributed by atoms with van der Waals surface area (Å²) in [6, 6.07) is 30.9. The molecule has 8 rings (SSSR count). The first kappa shape index (κ1) is 63.2. The van der Waals surface area contributed by atoms with E-state index in [2.05, 4.69) is 163 Å². The standard InChI is InChI=1S/C75H97N5O4/c1-46-28-32-63-61(34-46)78-70(83-63)60(43-76)68-65-58(52-22-20-24-56(36-52)81-44-54(50(5)41-74(13,14)15)30-26-48(3)39-72(7,8)9)38-59(69(77-19)71-79-62-35-47(2)29-33-64(62)84-71)66(65)67(80-68)53-23-21-25-57(37-53)82-45-55(51(6)42-75(16,17)18)31-27-49(4)40-73(10,11)12/h20-25,28-29,32-37,48-51,54-55,80H,26-27,30-31,38-42,44-45H2,1-18H3/b68-60-,69-59-. The fraction of sp³-hybridized carbons (Fsp3) is 0.520. The molecule has 1 aliphatic rings. The Morgan fingerprint density at radius 3 is 1.56 bits per heavy atom. The van der Waals surface area contributed by atoms with E-state index in [4.69, 9.17) is 34.8 Å². The highest BCUT2D eigenvalue weighted by Gasteiger charge is 2.33. The van der Waals surface area contributed by atoms with Gasteiger partial charge in [-0.15, -0.1) is 0 Å². The maximum absolute atomic E-state index is 11.5. The highest BCUT2D eigenvalue weighted by molar-refractivity contribution is 6.04. The van der Waals surface area contributed by atoms with Crippen LogP contribution in [0.5, 0.6) is 11.5 Å². The summed E-state index contributed by atoms with van der Waals surface area (Å²) in [6.07, 6.45) is 9.40. The van der Waals surface area contributed by atoms with Gasteiger partial charge in [0.15, 0.2) is 11.2 Å².